The van der Waals surface area contributed by atoms with Crippen LogP contribution in [0.4, 0.5) is 5.69 Å². The van der Waals surface area contributed by atoms with Crippen LogP contribution in [0.3, 0.4) is 0 Å². The Bertz CT molecular complexity index is 737. The summed E-state index contributed by atoms with van der Waals surface area (Å²) in [4.78, 5) is 23.8. The van der Waals surface area contributed by atoms with Crippen molar-refractivity contribution >= 4 is 33.4 Å². The third-order valence-corrected chi connectivity index (χ3v) is 3.99. The fourth-order valence-electron chi connectivity index (χ4n) is 2.02. The van der Waals surface area contributed by atoms with E-state index in [1.807, 2.05) is 19.1 Å². The highest BCUT2D eigenvalue weighted by molar-refractivity contribution is 9.10. The van der Waals surface area contributed by atoms with E-state index in [9.17, 15) is 9.59 Å². The molecule has 2 aromatic carbocycles. The van der Waals surface area contributed by atoms with E-state index in [1.54, 1.807) is 42.6 Å². The van der Waals surface area contributed by atoms with Crippen molar-refractivity contribution in [3.63, 3.8) is 0 Å². The number of benzene rings is 2. The van der Waals surface area contributed by atoms with Crippen LogP contribution in [-0.4, -0.2) is 18.4 Å². The summed E-state index contributed by atoms with van der Waals surface area (Å²) in [7, 11) is 0. The molecular formula is C20H20BrNO3. The van der Waals surface area contributed by atoms with Gasteiger partial charge in [-0.15, -0.1) is 0 Å². The van der Waals surface area contributed by atoms with E-state index in [4.69, 9.17) is 4.74 Å². The molecule has 0 fully saturated rings. The highest BCUT2D eigenvalue weighted by Crippen LogP contribution is 2.13. The summed E-state index contributed by atoms with van der Waals surface area (Å²) < 4.78 is 6.09. The number of halogens is 1. The van der Waals surface area contributed by atoms with Gasteiger partial charge in [-0.1, -0.05) is 29.3 Å². The van der Waals surface area contributed by atoms with Crippen molar-refractivity contribution in [2.75, 3.05) is 11.9 Å². The number of carbonyl (C=O) groups excluding carboxylic acids is 2. The van der Waals surface area contributed by atoms with Gasteiger partial charge < -0.3 is 10.1 Å². The first kappa shape index (κ1) is 18.9. The van der Waals surface area contributed by atoms with Gasteiger partial charge in [-0.3, -0.25) is 4.79 Å². The first-order valence-electron chi connectivity index (χ1n) is 8.10. The predicted octanol–water partition coefficient (Wildman–Crippen LogP) is 5.21. The number of hydrogen-bond acceptors (Lipinski definition) is 4. The van der Waals surface area contributed by atoms with Crippen LogP contribution in [0.5, 0.6) is 0 Å². The second-order valence-corrected chi connectivity index (χ2v) is 6.33. The molecular weight excluding hydrogens is 382 g/mol. The van der Waals surface area contributed by atoms with Gasteiger partial charge in [0.25, 0.3) is 0 Å². The Hall–Kier alpha value is -2.40. The fraction of sp³-hybridized carbons (Fsp3) is 0.200. The number of allylic oxidation sites excluding steroid dienone is 1. The standard InChI is InChI=1S/C20H20BrNO3/c1-2-3-14-25-20(24)16-6-10-18(11-7-16)22-13-12-19(23)15-4-8-17(21)9-5-15/h4-13,22H,2-3,14H2,1H3. The Balaban J connectivity index is 1.87. The molecule has 0 bridgehead atoms. The largest absolute Gasteiger partial charge is 0.462 e. The van der Waals surface area contributed by atoms with Crippen molar-refractivity contribution in [3.8, 4) is 0 Å². The van der Waals surface area contributed by atoms with Crippen molar-refractivity contribution in [1.29, 1.82) is 0 Å². The first-order chi connectivity index (χ1) is 12.1. The zero-order valence-electron chi connectivity index (χ0n) is 14.0. The molecule has 0 spiro atoms. The second kappa shape index (κ2) is 9.79. The highest BCUT2D eigenvalue weighted by atomic mass is 79.9. The molecule has 1 N–H and O–H groups in total. The van der Waals surface area contributed by atoms with Crippen molar-refractivity contribution in [2.24, 2.45) is 0 Å². The lowest BCUT2D eigenvalue weighted by atomic mass is 10.1. The molecule has 0 atom stereocenters. The lowest BCUT2D eigenvalue weighted by Gasteiger charge is -2.05. The Morgan fingerprint density at radius 1 is 1.04 bits per heavy atom. The zero-order chi connectivity index (χ0) is 18.1. The van der Waals surface area contributed by atoms with Gasteiger partial charge in [-0.25, -0.2) is 4.79 Å². The number of ketones is 1. The van der Waals surface area contributed by atoms with Crippen LogP contribution in [0, 0.1) is 0 Å². The van der Waals surface area contributed by atoms with Crippen molar-refractivity contribution in [2.45, 2.75) is 19.8 Å². The second-order valence-electron chi connectivity index (χ2n) is 5.42. The lowest BCUT2D eigenvalue weighted by Crippen LogP contribution is -2.06. The Morgan fingerprint density at radius 2 is 1.68 bits per heavy atom. The molecule has 0 heterocycles. The summed E-state index contributed by atoms with van der Waals surface area (Å²) >= 11 is 3.34. The molecule has 5 heteroatoms. The van der Waals surface area contributed by atoms with Gasteiger partial charge in [0.1, 0.15) is 0 Å². The maximum atomic E-state index is 12.0. The molecule has 0 saturated carbocycles. The van der Waals surface area contributed by atoms with Crippen molar-refractivity contribution in [3.05, 3.63) is 76.4 Å². The van der Waals surface area contributed by atoms with Gasteiger partial charge >= 0.3 is 5.97 Å². The number of rotatable bonds is 8. The monoisotopic (exact) mass is 401 g/mol. The van der Waals surface area contributed by atoms with E-state index in [2.05, 4.69) is 21.2 Å². The van der Waals surface area contributed by atoms with Gasteiger partial charge in [0.2, 0.25) is 0 Å². The van der Waals surface area contributed by atoms with Gasteiger partial charge in [-0.2, -0.15) is 0 Å². The minimum absolute atomic E-state index is 0.0869. The summed E-state index contributed by atoms with van der Waals surface area (Å²) in [6, 6.07) is 14.1. The minimum Gasteiger partial charge on any atom is -0.462 e. The van der Waals surface area contributed by atoms with Crippen LogP contribution >= 0.6 is 15.9 Å². The van der Waals surface area contributed by atoms with Crippen LogP contribution in [0.15, 0.2) is 65.3 Å². The minimum atomic E-state index is -0.319. The molecule has 0 amide bonds. The SMILES string of the molecule is CCCCOC(=O)c1ccc(NC=CC(=O)c2ccc(Br)cc2)cc1. The molecule has 130 valence electrons. The van der Waals surface area contributed by atoms with Crippen LogP contribution in [0.2, 0.25) is 0 Å². The van der Waals surface area contributed by atoms with Crippen LogP contribution in [-0.2, 0) is 4.74 Å². The Morgan fingerprint density at radius 3 is 2.32 bits per heavy atom. The fourth-order valence-corrected chi connectivity index (χ4v) is 2.28. The van der Waals surface area contributed by atoms with E-state index in [-0.39, 0.29) is 11.8 Å². The van der Waals surface area contributed by atoms with E-state index < -0.39 is 0 Å². The van der Waals surface area contributed by atoms with Crippen LogP contribution < -0.4 is 5.32 Å². The van der Waals surface area contributed by atoms with E-state index >= 15 is 0 Å². The zero-order valence-corrected chi connectivity index (χ0v) is 15.6. The lowest BCUT2D eigenvalue weighted by molar-refractivity contribution is 0.0499. The molecule has 0 unspecified atom stereocenters. The molecule has 2 aromatic rings. The topological polar surface area (TPSA) is 55.4 Å². The molecule has 4 nitrogen and oxygen atoms in total. The molecule has 0 radical (unpaired) electrons. The van der Waals surface area contributed by atoms with Gasteiger partial charge in [0, 0.05) is 28.0 Å². The first-order valence-corrected chi connectivity index (χ1v) is 8.89. The summed E-state index contributed by atoms with van der Waals surface area (Å²) in [5.74, 6) is -0.405. The van der Waals surface area contributed by atoms with E-state index in [1.165, 1.54) is 6.08 Å². The third kappa shape index (κ3) is 6.19. The number of carbonyl (C=O) groups is 2. The Kier molecular flexibility index (Phi) is 7.41. The normalized spacial score (nSPS) is 10.6. The van der Waals surface area contributed by atoms with Gasteiger partial charge in [-0.05, 0) is 55.0 Å². The summed E-state index contributed by atoms with van der Waals surface area (Å²) in [6.45, 7) is 2.49. The average molecular weight is 402 g/mol. The number of ether oxygens (including phenoxy) is 1. The number of esters is 1. The Labute approximate surface area is 156 Å². The summed E-state index contributed by atoms with van der Waals surface area (Å²) in [5, 5.41) is 3.01. The molecule has 2 rings (SSSR count). The summed E-state index contributed by atoms with van der Waals surface area (Å²) in [6.07, 6.45) is 4.90. The molecule has 0 aliphatic carbocycles. The third-order valence-electron chi connectivity index (χ3n) is 3.47. The maximum Gasteiger partial charge on any atom is 0.338 e. The van der Waals surface area contributed by atoms with Gasteiger partial charge in [0.05, 0.1) is 12.2 Å². The number of nitrogens with one attached hydrogen (secondary N) is 1. The number of anilines is 1. The summed E-state index contributed by atoms with van der Waals surface area (Å²) in [5.41, 5.74) is 1.91. The quantitative estimate of drug-likeness (QED) is 0.285. The maximum absolute atomic E-state index is 12.0. The van der Waals surface area contributed by atoms with Crippen molar-refractivity contribution < 1.29 is 14.3 Å². The number of hydrogen-bond donors (Lipinski definition) is 1. The number of unbranched alkanes of at least 4 members (excludes halogenated alkanes) is 1. The molecule has 0 aromatic heterocycles. The van der Waals surface area contributed by atoms with Crippen molar-refractivity contribution in [1.82, 2.24) is 0 Å². The molecule has 25 heavy (non-hydrogen) atoms. The van der Waals surface area contributed by atoms with Crippen LogP contribution in [0.1, 0.15) is 40.5 Å². The van der Waals surface area contributed by atoms with E-state index in [0.29, 0.717) is 17.7 Å². The average Bonchev–Trinajstić information content (AvgIpc) is 2.63. The van der Waals surface area contributed by atoms with E-state index in [0.717, 1.165) is 23.0 Å². The molecule has 0 aliphatic heterocycles. The van der Waals surface area contributed by atoms with Gasteiger partial charge in [0.15, 0.2) is 5.78 Å². The van der Waals surface area contributed by atoms with Crippen LogP contribution in [0.25, 0.3) is 0 Å². The highest BCUT2D eigenvalue weighted by Gasteiger charge is 2.06. The predicted molar refractivity (Wildman–Crippen MR) is 103 cm³/mol. The molecule has 0 aliphatic rings. The smallest absolute Gasteiger partial charge is 0.338 e. The molecule has 0 saturated heterocycles.